The molecule has 1 aromatic rings. The van der Waals surface area contributed by atoms with E-state index in [1.54, 1.807) is 0 Å². The van der Waals surface area contributed by atoms with Crippen LogP contribution in [-0.4, -0.2) is 31.9 Å². The molecule has 2 atom stereocenters. The Kier molecular flexibility index (Phi) is 7.02. The van der Waals surface area contributed by atoms with Crippen molar-refractivity contribution in [3.8, 4) is 0 Å². The van der Waals surface area contributed by atoms with Crippen molar-refractivity contribution in [1.82, 2.24) is 0 Å². The van der Waals surface area contributed by atoms with Crippen molar-refractivity contribution >= 4 is 14.0 Å². The van der Waals surface area contributed by atoms with Crippen LogP contribution in [0.4, 0.5) is 0 Å². The number of aliphatic hydroxyl groups is 1. The smallest absolute Gasteiger partial charge is 0.308 e. The fourth-order valence-corrected chi connectivity index (χ4v) is 5.49. The second-order valence-corrected chi connectivity index (χ2v) is 13.4. The van der Waals surface area contributed by atoms with Crippen LogP contribution in [0.5, 0.6) is 0 Å². The molecule has 0 amide bonds. The molecule has 23 heavy (non-hydrogen) atoms. The number of hydrogen-bond acceptors (Lipinski definition) is 3. The number of carbonyl (C=O) groups is 1. The SMILES string of the molecule is CCOC(=O)C(C(O)CCc1ccccc1)[Si](C)(C)C(C)(C)C. The lowest BCUT2D eigenvalue weighted by Crippen LogP contribution is -2.50. The lowest BCUT2D eigenvalue weighted by molar-refractivity contribution is -0.145. The predicted octanol–water partition coefficient (Wildman–Crippen LogP) is 4.42. The maximum atomic E-state index is 12.5. The molecule has 0 aliphatic rings. The molecule has 0 aliphatic carbocycles. The molecule has 0 aliphatic heterocycles. The van der Waals surface area contributed by atoms with Gasteiger partial charge in [0, 0.05) is 0 Å². The fraction of sp³-hybridized carbons (Fsp3) is 0.632. The number of carbonyl (C=O) groups excluding carboxylic acids is 1. The Bertz CT molecular complexity index is 491. The van der Waals surface area contributed by atoms with E-state index >= 15 is 0 Å². The molecule has 130 valence electrons. The Balaban J connectivity index is 2.93. The highest BCUT2D eigenvalue weighted by atomic mass is 28.3. The van der Waals surface area contributed by atoms with E-state index in [4.69, 9.17) is 4.74 Å². The number of hydrogen-bond donors (Lipinski definition) is 1. The van der Waals surface area contributed by atoms with Gasteiger partial charge in [0.1, 0.15) is 0 Å². The standard InChI is InChI=1S/C19H32O3Si/c1-7-22-18(21)17(23(5,6)19(2,3)4)16(20)14-13-15-11-9-8-10-12-15/h8-12,16-17,20H,7,13-14H2,1-6H3. The number of aliphatic hydroxyl groups excluding tert-OH is 1. The van der Waals surface area contributed by atoms with Crippen LogP contribution in [0.1, 0.15) is 39.7 Å². The van der Waals surface area contributed by atoms with Crippen LogP contribution in [0.2, 0.25) is 23.7 Å². The Morgan fingerprint density at radius 3 is 2.26 bits per heavy atom. The van der Waals surface area contributed by atoms with Gasteiger partial charge in [-0.15, -0.1) is 0 Å². The zero-order valence-corrected chi connectivity index (χ0v) is 16.4. The molecular weight excluding hydrogens is 304 g/mol. The first-order chi connectivity index (χ1) is 10.6. The molecule has 0 aromatic heterocycles. The van der Waals surface area contributed by atoms with Gasteiger partial charge in [0.15, 0.2) is 0 Å². The zero-order valence-electron chi connectivity index (χ0n) is 15.4. The van der Waals surface area contributed by atoms with Crippen molar-refractivity contribution < 1.29 is 14.6 Å². The summed E-state index contributed by atoms with van der Waals surface area (Å²) in [6.45, 7) is 13.0. The van der Waals surface area contributed by atoms with E-state index in [0.717, 1.165) is 6.42 Å². The molecule has 0 saturated heterocycles. The van der Waals surface area contributed by atoms with Gasteiger partial charge in [-0.1, -0.05) is 64.2 Å². The van der Waals surface area contributed by atoms with Crippen LogP contribution in [0.15, 0.2) is 30.3 Å². The first kappa shape index (κ1) is 19.9. The minimum Gasteiger partial charge on any atom is -0.466 e. The van der Waals surface area contributed by atoms with E-state index in [1.807, 2.05) is 25.1 Å². The Morgan fingerprint density at radius 2 is 1.78 bits per heavy atom. The first-order valence-corrected chi connectivity index (χ1v) is 11.6. The second-order valence-electron chi connectivity index (χ2n) is 7.79. The fourth-order valence-electron chi connectivity index (χ4n) is 2.76. The summed E-state index contributed by atoms with van der Waals surface area (Å²) in [6, 6.07) is 10.1. The lowest BCUT2D eigenvalue weighted by atomic mass is 10.0. The van der Waals surface area contributed by atoms with E-state index < -0.39 is 19.7 Å². The maximum Gasteiger partial charge on any atom is 0.308 e. The molecule has 3 nitrogen and oxygen atoms in total. The van der Waals surface area contributed by atoms with Gasteiger partial charge in [0.05, 0.1) is 26.3 Å². The van der Waals surface area contributed by atoms with Crippen molar-refractivity contribution in [3.63, 3.8) is 0 Å². The number of rotatable bonds is 7. The third-order valence-electron chi connectivity index (χ3n) is 5.21. The van der Waals surface area contributed by atoms with Gasteiger partial charge >= 0.3 is 5.97 Å². The van der Waals surface area contributed by atoms with E-state index in [2.05, 4.69) is 46.0 Å². The van der Waals surface area contributed by atoms with Crippen molar-refractivity contribution in [2.24, 2.45) is 0 Å². The van der Waals surface area contributed by atoms with Crippen LogP contribution in [0, 0.1) is 0 Å². The molecule has 0 radical (unpaired) electrons. The Labute approximate surface area is 142 Å². The number of esters is 1. The van der Waals surface area contributed by atoms with Gasteiger partial charge in [-0.2, -0.15) is 0 Å². The summed E-state index contributed by atoms with van der Waals surface area (Å²) >= 11 is 0. The Hall–Kier alpha value is -1.13. The monoisotopic (exact) mass is 336 g/mol. The highest BCUT2D eigenvalue weighted by Crippen LogP contribution is 2.46. The quantitative estimate of drug-likeness (QED) is 0.592. The summed E-state index contributed by atoms with van der Waals surface area (Å²) in [7, 11) is -2.06. The molecule has 1 aromatic carbocycles. The summed E-state index contributed by atoms with van der Waals surface area (Å²) in [6.07, 6.45) is 0.696. The third-order valence-corrected chi connectivity index (χ3v) is 11.2. The molecule has 2 unspecified atom stereocenters. The molecular formula is C19H32O3Si. The molecule has 0 bridgehead atoms. The molecule has 0 spiro atoms. The zero-order chi connectivity index (χ0) is 17.7. The highest BCUT2D eigenvalue weighted by Gasteiger charge is 2.49. The summed E-state index contributed by atoms with van der Waals surface area (Å²) in [5.41, 5.74) is 0.788. The van der Waals surface area contributed by atoms with Crippen LogP contribution < -0.4 is 0 Å². The van der Waals surface area contributed by atoms with Crippen molar-refractivity contribution in [2.75, 3.05) is 6.61 Å². The minimum atomic E-state index is -2.06. The number of aryl methyl sites for hydroxylation is 1. The van der Waals surface area contributed by atoms with Gasteiger partial charge < -0.3 is 9.84 Å². The predicted molar refractivity (Wildman–Crippen MR) is 98.3 cm³/mol. The van der Waals surface area contributed by atoms with Gasteiger partial charge in [-0.05, 0) is 30.4 Å². The van der Waals surface area contributed by atoms with Gasteiger partial charge in [-0.25, -0.2) is 0 Å². The van der Waals surface area contributed by atoms with Crippen molar-refractivity contribution in [3.05, 3.63) is 35.9 Å². The van der Waals surface area contributed by atoms with Crippen LogP contribution >= 0.6 is 0 Å². The van der Waals surface area contributed by atoms with E-state index in [1.165, 1.54) is 5.56 Å². The summed E-state index contributed by atoms with van der Waals surface area (Å²) < 4.78 is 5.29. The van der Waals surface area contributed by atoms with Crippen molar-refractivity contribution in [1.29, 1.82) is 0 Å². The Morgan fingerprint density at radius 1 is 1.22 bits per heavy atom. The first-order valence-electron chi connectivity index (χ1n) is 8.50. The molecule has 1 N–H and O–H groups in total. The highest BCUT2D eigenvalue weighted by molar-refractivity contribution is 6.84. The van der Waals surface area contributed by atoms with E-state index in [-0.39, 0.29) is 11.0 Å². The van der Waals surface area contributed by atoms with Crippen molar-refractivity contribution in [2.45, 2.75) is 70.3 Å². The molecule has 1 rings (SSSR count). The van der Waals surface area contributed by atoms with E-state index in [9.17, 15) is 9.90 Å². The maximum absolute atomic E-state index is 12.5. The summed E-state index contributed by atoms with van der Waals surface area (Å²) in [5, 5.41) is 10.8. The van der Waals surface area contributed by atoms with Gasteiger partial charge in [0.2, 0.25) is 0 Å². The largest absolute Gasteiger partial charge is 0.466 e. The average Bonchev–Trinajstić information content (AvgIpc) is 2.45. The third kappa shape index (κ3) is 5.18. The molecule has 0 saturated carbocycles. The molecule has 0 heterocycles. The number of benzene rings is 1. The minimum absolute atomic E-state index is 0.0121. The number of ether oxygens (including phenoxy) is 1. The van der Waals surface area contributed by atoms with Gasteiger partial charge in [0.25, 0.3) is 0 Å². The van der Waals surface area contributed by atoms with Crippen LogP contribution in [0.3, 0.4) is 0 Å². The van der Waals surface area contributed by atoms with Crippen LogP contribution in [0.25, 0.3) is 0 Å². The van der Waals surface area contributed by atoms with E-state index in [0.29, 0.717) is 13.0 Å². The summed E-state index contributed by atoms with van der Waals surface area (Å²) in [5.74, 6) is -0.236. The average molecular weight is 337 g/mol. The lowest BCUT2D eigenvalue weighted by Gasteiger charge is -2.43. The molecule has 4 heteroatoms. The second kappa shape index (κ2) is 8.11. The topological polar surface area (TPSA) is 46.5 Å². The summed E-state index contributed by atoms with van der Waals surface area (Å²) in [4.78, 5) is 12.5. The molecule has 0 fully saturated rings. The van der Waals surface area contributed by atoms with Crippen LogP contribution in [-0.2, 0) is 16.0 Å². The normalized spacial score (nSPS) is 15.1. The van der Waals surface area contributed by atoms with Gasteiger partial charge in [-0.3, -0.25) is 4.79 Å².